The fourth-order valence-corrected chi connectivity index (χ4v) is 2.62. The average Bonchev–Trinajstić information content (AvgIpc) is 2.53. The summed E-state index contributed by atoms with van der Waals surface area (Å²) in [5.41, 5.74) is -0.585. The molecule has 1 N–H and O–H groups in total. The third-order valence-electron chi connectivity index (χ3n) is 3.90. The van der Waals surface area contributed by atoms with Crippen molar-refractivity contribution in [1.82, 2.24) is 0 Å². The molecule has 0 spiro atoms. The van der Waals surface area contributed by atoms with Gasteiger partial charge in [-0.25, -0.2) is 0 Å². The van der Waals surface area contributed by atoms with Crippen molar-refractivity contribution in [3.63, 3.8) is 0 Å². The van der Waals surface area contributed by atoms with Crippen molar-refractivity contribution in [3.05, 3.63) is 0 Å². The second-order valence-electron chi connectivity index (χ2n) is 5.47. The van der Waals surface area contributed by atoms with Gasteiger partial charge >= 0.3 is 0 Å². The Bertz CT molecular complexity index is 259. The topological polar surface area (TPSA) is 53.2 Å². The lowest BCUT2D eigenvalue weighted by Crippen LogP contribution is -2.31. The minimum atomic E-state index is -0.585. The second kappa shape index (κ2) is 6.98. The highest BCUT2D eigenvalue weighted by Crippen LogP contribution is 2.35. The minimum absolute atomic E-state index is 0.135. The van der Waals surface area contributed by atoms with Crippen LogP contribution in [0, 0.1) is 23.2 Å². The fraction of sp³-hybridized carbons (Fsp3) is 0.929. The van der Waals surface area contributed by atoms with E-state index in [1.54, 1.807) is 0 Å². The van der Waals surface area contributed by atoms with Crippen LogP contribution in [0.15, 0.2) is 0 Å². The van der Waals surface area contributed by atoms with Gasteiger partial charge in [-0.15, -0.1) is 0 Å². The molecular weight excluding hydrogens is 214 g/mol. The van der Waals surface area contributed by atoms with Crippen molar-refractivity contribution in [2.45, 2.75) is 58.0 Å². The molecule has 0 amide bonds. The summed E-state index contributed by atoms with van der Waals surface area (Å²) in [5.74, 6) is 1.42. The Morgan fingerprint density at radius 1 is 1.41 bits per heavy atom. The standard InChI is InChI=1S/C14H25NO2/c1-12(2)13-5-3-7-14(11-15,8-6-13)17-10-4-9-16/h12-13,16H,3-10H2,1-2H3. The lowest BCUT2D eigenvalue weighted by atomic mass is 9.88. The molecule has 0 aliphatic heterocycles. The Hall–Kier alpha value is -0.590. The Morgan fingerprint density at radius 3 is 2.76 bits per heavy atom. The SMILES string of the molecule is CC(C)C1CCCC(C#N)(OCCCO)CC1. The van der Waals surface area contributed by atoms with Crippen molar-refractivity contribution in [1.29, 1.82) is 5.26 Å². The molecule has 0 saturated heterocycles. The van der Waals surface area contributed by atoms with Gasteiger partial charge in [0, 0.05) is 6.61 Å². The smallest absolute Gasteiger partial charge is 0.154 e. The zero-order chi connectivity index (χ0) is 12.7. The van der Waals surface area contributed by atoms with Gasteiger partial charge in [0.25, 0.3) is 0 Å². The number of hydrogen-bond acceptors (Lipinski definition) is 3. The third kappa shape index (κ3) is 4.29. The molecule has 1 aliphatic carbocycles. The van der Waals surface area contributed by atoms with Crippen LogP contribution in [0.3, 0.4) is 0 Å². The molecule has 1 rings (SSSR count). The molecule has 2 atom stereocenters. The summed E-state index contributed by atoms with van der Waals surface area (Å²) in [5, 5.41) is 18.1. The van der Waals surface area contributed by atoms with E-state index in [1.807, 2.05) is 0 Å². The first-order valence-corrected chi connectivity index (χ1v) is 6.79. The van der Waals surface area contributed by atoms with Crippen LogP contribution in [0.2, 0.25) is 0 Å². The van der Waals surface area contributed by atoms with Gasteiger partial charge in [0.1, 0.15) is 0 Å². The summed E-state index contributed by atoms with van der Waals surface area (Å²) in [6.07, 6.45) is 5.69. The average molecular weight is 239 g/mol. The van der Waals surface area contributed by atoms with Gasteiger partial charge in [0.15, 0.2) is 5.60 Å². The number of rotatable bonds is 5. The van der Waals surface area contributed by atoms with Gasteiger partial charge < -0.3 is 9.84 Å². The van der Waals surface area contributed by atoms with Gasteiger partial charge in [-0.05, 0) is 43.9 Å². The predicted octanol–water partition coefficient (Wildman–Crippen LogP) is 2.88. The normalized spacial score (nSPS) is 29.9. The molecule has 0 aromatic rings. The maximum atomic E-state index is 9.35. The van der Waals surface area contributed by atoms with Crippen molar-refractivity contribution in [2.75, 3.05) is 13.2 Å². The highest BCUT2D eigenvalue weighted by molar-refractivity contribution is 5.03. The third-order valence-corrected chi connectivity index (χ3v) is 3.90. The molecule has 3 nitrogen and oxygen atoms in total. The van der Waals surface area contributed by atoms with Crippen LogP contribution in [0.25, 0.3) is 0 Å². The molecule has 2 unspecified atom stereocenters. The summed E-state index contributed by atoms with van der Waals surface area (Å²) < 4.78 is 5.75. The number of aliphatic hydroxyl groups excluding tert-OH is 1. The number of hydrogen-bond donors (Lipinski definition) is 1. The van der Waals surface area contributed by atoms with E-state index in [-0.39, 0.29) is 6.61 Å². The summed E-state index contributed by atoms with van der Waals surface area (Å²) in [4.78, 5) is 0. The molecule has 0 aromatic heterocycles. The first-order valence-electron chi connectivity index (χ1n) is 6.79. The maximum Gasteiger partial charge on any atom is 0.154 e. The van der Waals surface area contributed by atoms with Gasteiger partial charge in [-0.2, -0.15) is 5.26 Å². The molecule has 0 radical (unpaired) electrons. The lowest BCUT2D eigenvalue weighted by molar-refractivity contribution is -0.0193. The molecule has 1 saturated carbocycles. The van der Waals surface area contributed by atoms with Crippen molar-refractivity contribution < 1.29 is 9.84 Å². The van der Waals surface area contributed by atoms with Crippen LogP contribution < -0.4 is 0 Å². The summed E-state index contributed by atoms with van der Waals surface area (Å²) in [6, 6.07) is 2.37. The van der Waals surface area contributed by atoms with Crippen molar-refractivity contribution >= 4 is 0 Å². The molecule has 0 aromatic carbocycles. The fourth-order valence-electron chi connectivity index (χ4n) is 2.62. The van der Waals surface area contributed by atoms with E-state index in [0.29, 0.717) is 18.9 Å². The van der Waals surface area contributed by atoms with Crippen LogP contribution >= 0.6 is 0 Å². The van der Waals surface area contributed by atoms with Crippen LogP contribution in [-0.2, 0) is 4.74 Å². The number of nitrogens with zero attached hydrogens (tertiary/aromatic N) is 1. The Labute approximate surface area is 105 Å². The zero-order valence-corrected chi connectivity index (χ0v) is 11.1. The van der Waals surface area contributed by atoms with Crippen molar-refractivity contribution in [2.24, 2.45) is 11.8 Å². The monoisotopic (exact) mass is 239 g/mol. The van der Waals surface area contributed by atoms with E-state index >= 15 is 0 Å². The van der Waals surface area contributed by atoms with Crippen LogP contribution in [0.5, 0.6) is 0 Å². The number of nitriles is 1. The lowest BCUT2D eigenvalue weighted by Gasteiger charge is -2.25. The summed E-state index contributed by atoms with van der Waals surface area (Å²) >= 11 is 0. The van der Waals surface area contributed by atoms with Crippen molar-refractivity contribution in [3.8, 4) is 6.07 Å². The van der Waals surface area contributed by atoms with Gasteiger partial charge in [0.05, 0.1) is 12.7 Å². The molecule has 98 valence electrons. The highest BCUT2D eigenvalue weighted by atomic mass is 16.5. The molecule has 0 heterocycles. The Morgan fingerprint density at radius 2 is 2.18 bits per heavy atom. The molecule has 3 heteroatoms. The quantitative estimate of drug-likeness (QED) is 0.593. The van der Waals surface area contributed by atoms with E-state index in [1.165, 1.54) is 6.42 Å². The Kier molecular flexibility index (Phi) is 5.94. The van der Waals surface area contributed by atoms with E-state index in [2.05, 4.69) is 19.9 Å². The predicted molar refractivity (Wildman–Crippen MR) is 67.4 cm³/mol. The minimum Gasteiger partial charge on any atom is -0.396 e. The first kappa shape index (κ1) is 14.5. The van der Waals surface area contributed by atoms with Gasteiger partial charge in [0.2, 0.25) is 0 Å². The van der Waals surface area contributed by atoms with E-state index in [0.717, 1.165) is 31.6 Å². The molecular formula is C14H25NO2. The van der Waals surface area contributed by atoms with Crippen LogP contribution in [0.1, 0.15) is 52.4 Å². The summed E-state index contributed by atoms with van der Waals surface area (Å²) in [6.45, 7) is 5.15. The Balaban J connectivity index is 2.53. The largest absolute Gasteiger partial charge is 0.396 e. The molecule has 17 heavy (non-hydrogen) atoms. The van der Waals surface area contributed by atoms with E-state index in [4.69, 9.17) is 9.84 Å². The van der Waals surface area contributed by atoms with Gasteiger partial charge in [-0.3, -0.25) is 0 Å². The summed E-state index contributed by atoms with van der Waals surface area (Å²) in [7, 11) is 0. The number of aliphatic hydroxyl groups is 1. The van der Waals surface area contributed by atoms with E-state index < -0.39 is 5.60 Å². The highest BCUT2D eigenvalue weighted by Gasteiger charge is 2.34. The van der Waals surface area contributed by atoms with Gasteiger partial charge in [-0.1, -0.05) is 20.3 Å². The zero-order valence-electron chi connectivity index (χ0n) is 11.1. The molecule has 1 fully saturated rings. The molecule has 1 aliphatic rings. The van der Waals surface area contributed by atoms with Crippen LogP contribution in [0.4, 0.5) is 0 Å². The first-order chi connectivity index (χ1) is 8.13. The molecule has 0 bridgehead atoms. The number of ether oxygens (including phenoxy) is 1. The van der Waals surface area contributed by atoms with Crippen LogP contribution in [-0.4, -0.2) is 23.9 Å². The second-order valence-corrected chi connectivity index (χ2v) is 5.47. The maximum absolute atomic E-state index is 9.35. The van der Waals surface area contributed by atoms with E-state index in [9.17, 15) is 5.26 Å².